The summed E-state index contributed by atoms with van der Waals surface area (Å²) in [7, 11) is 0. The van der Waals surface area contributed by atoms with Crippen LogP contribution < -0.4 is 5.32 Å². The number of pyridine rings is 1. The third kappa shape index (κ3) is 5.02. The number of fused-ring (bicyclic) bond motifs is 1. The first-order valence-corrected chi connectivity index (χ1v) is 10.9. The molecule has 1 aromatic heterocycles. The topological polar surface area (TPSA) is 117 Å². The highest BCUT2D eigenvalue weighted by molar-refractivity contribution is 8.00. The number of carbonyl (C=O) groups excluding carboxylic acids is 1. The van der Waals surface area contributed by atoms with E-state index in [4.69, 9.17) is 0 Å². The Balaban J connectivity index is 1.47. The molecule has 1 amide bonds. The van der Waals surface area contributed by atoms with E-state index in [2.05, 4.69) is 10.3 Å². The van der Waals surface area contributed by atoms with Crippen molar-refractivity contribution in [2.24, 2.45) is 0 Å². The van der Waals surface area contributed by atoms with Crippen molar-refractivity contribution in [3.05, 3.63) is 90.0 Å². The van der Waals surface area contributed by atoms with Crippen LogP contribution in [0.2, 0.25) is 0 Å². The van der Waals surface area contributed by atoms with E-state index in [9.17, 15) is 24.6 Å². The van der Waals surface area contributed by atoms with E-state index in [0.717, 1.165) is 11.8 Å². The van der Waals surface area contributed by atoms with E-state index < -0.39 is 11.9 Å². The molecule has 4 rings (SSSR count). The normalized spacial score (nSPS) is 10.7. The lowest BCUT2D eigenvalue weighted by molar-refractivity contribution is -0.113. The first-order chi connectivity index (χ1) is 15.9. The number of aromatic carboxylic acids is 2. The number of nitrogens with one attached hydrogen (secondary N) is 1. The van der Waals surface area contributed by atoms with E-state index in [1.54, 1.807) is 66.7 Å². The molecule has 4 aromatic rings. The van der Waals surface area contributed by atoms with Gasteiger partial charge in [-0.25, -0.2) is 14.6 Å². The van der Waals surface area contributed by atoms with E-state index in [1.807, 2.05) is 0 Å². The van der Waals surface area contributed by atoms with Gasteiger partial charge < -0.3 is 15.5 Å². The Morgan fingerprint density at radius 2 is 1.48 bits per heavy atom. The van der Waals surface area contributed by atoms with Gasteiger partial charge in [-0.1, -0.05) is 42.5 Å². The number of amides is 1. The molecule has 1 heterocycles. The number of para-hydroxylation sites is 1. The quantitative estimate of drug-likeness (QED) is 0.333. The van der Waals surface area contributed by atoms with Gasteiger partial charge in [0.05, 0.1) is 28.1 Å². The minimum absolute atomic E-state index is 0.0558. The molecule has 0 aliphatic carbocycles. The van der Waals surface area contributed by atoms with Crippen LogP contribution >= 0.6 is 11.8 Å². The number of hydrogen-bond acceptors (Lipinski definition) is 5. The van der Waals surface area contributed by atoms with Crippen LogP contribution in [-0.2, 0) is 4.79 Å². The second-order valence-electron chi connectivity index (χ2n) is 7.09. The Morgan fingerprint density at radius 3 is 2.21 bits per heavy atom. The van der Waals surface area contributed by atoms with Gasteiger partial charge in [0.2, 0.25) is 5.91 Å². The molecule has 3 N–H and O–H groups in total. The summed E-state index contributed by atoms with van der Waals surface area (Å²) in [5.41, 5.74) is 2.71. The molecule has 0 saturated heterocycles. The molecule has 0 spiro atoms. The number of carboxylic acid groups (broad SMARTS) is 2. The molecule has 0 aliphatic heterocycles. The maximum absolute atomic E-state index is 12.3. The molecule has 7 nitrogen and oxygen atoms in total. The van der Waals surface area contributed by atoms with Crippen LogP contribution in [0.5, 0.6) is 0 Å². The summed E-state index contributed by atoms with van der Waals surface area (Å²) in [6.45, 7) is 0. The number of anilines is 1. The minimum Gasteiger partial charge on any atom is -0.478 e. The number of thioether (sulfide) groups is 1. The lowest BCUT2D eigenvalue weighted by Gasteiger charge is -2.09. The highest BCUT2D eigenvalue weighted by Crippen LogP contribution is 2.27. The third-order valence-corrected chi connectivity index (χ3v) is 5.96. The standard InChI is InChI=1S/C25H18N2O5S/c28-23(14-33-22-8-4-2-6-18(22)24(29)30)26-16-11-9-15(10-12-16)21-13-19(25(31)32)17-5-1-3-7-20(17)27-21/h1-13H,14H2,(H,26,28)(H,29,30)(H,31,32). The summed E-state index contributed by atoms with van der Waals surface area (Å²) in [6, 6.07) is 22.0. The molecule has 0 atom stereocenters. The van der Waals surface area contributed by atoms with Crippen LogP contribution in [-0.4, -0.2) is 38.8 Å². The van der Waals surface area contributed by atoms with Crippen LogP contribution in [0.1, 0.15) is 20.7 Å². The number of rotatable bonds is 7. The molecule has 164 valence electrons. The maximum Gasteiger partial charge on any atom is 0.336 e. The van der Waals surface area contributed by atoms with Crippen molar-refractivity contribution in [2.45, 2.75) is 4.90 Å². The predicted octanol–water partition coefficient (Wildman–Crippen LogP) is 5.03. The zero-order valence-electron chi connectivity index (χ0n) is 17.2. The number of nitrogens with zero attached hydrogens (tertiary/aromatic N) is 1. The van der Waals surface area contributed by atoms with Crippen molar-refractivity contribution in [3.8, 4) is 11.3 Å². The SMILES string of the molecule is O=C(CSc1ccccc1C(=O)O)Nc1ccc(-c2cc(C(=O)O)c3ccccc3n2)cc1. The fourth-order valence-electron chi connectivity index (χ4n) is 3.33. The van der Waals surface area contributed by atoms with Crippen LogP contribution in [0.15, 0.2) is 83.8 Å². The largest absolute Gasteiger partial charge is 0.478 e. The molecule has 33 heavy (non-hydrogen) atoms. The molecule has 0 unspecified atom stereocenters. The number of carboxylic acids is 2. The van der Waals surface area contributed by atoms with Crippen LogP contribution in [0.25, 0.3) is 22.2 Å². The van der Waals surface area contributed by atoms with Gasteiger partial charge in [0, 0.05) is 21.5 Å². The second kappa shape index (κ2) is 9.54. The van der Waals surface area contributed by atoms with Gasteiger partial charge in [0.25, 0.3) is 0 Å². The Kier molecular flexibility index (Phi) is 6.37. The Labute approximate surface area is 193 Å². The van der Waals surface area contributed by atoms with Crippen LogP contribution in [0, 0.1) is 0 Å². The molecular formula is C25H18N2O5S. The first kappa shape index (κ1) is 22.0. The maximum atomic E-state index is 12.3. The predicted molar refractivity (Wildman–Crippen MR) is 127 cm³/mol. The van der Waals surface area contributed by atoms with Gasteiger partial charge in [0.15, 0.2) is 0 Å². The van der Waals surface area contributed by atoms with Gasteiger partial charge in [-0.2, -0.15) is 0 Å². The average molecular weight is 458 g/mol. The summed E-state index contributed by atoms with van der Waals surface area (Å²) in [6.07, 6.45) is 0. The molecule has 0 aliphatic rings. The van der Waals surface area contributed by atoms with Crippen LogP contribution in [0.3, 0.4) is 0 Å². The highest BCUT2D eigenvalue weighted by atomic mass is 32.2. The number of aromatic nitrogens is 1. The van der Waals surface area contributed by atoms with E-state index >= 15 is 0 Å². The lowest BCUT2D eigenvalue weighted by Crippen LogP contribution is -2.14. The van der Waals surface area contributed by atoms with E-state index in [-0.39, 0.29) is 22.8 Å². The van der Waals surface area contributed by atoms with Crippen LogP contribution in [0.4, 0.5) is 5.69 Å². The number of benzene rings is 3. The van der Waals surface area contributed by atoms with Gasteiger partial charge in [-0.05, 0) is 36.4 Å². The summed E-state index contributed by atoms with van der Waals surface area (Å²) in [5.74, 6) is -2.28. The fraction of sp³-hybridized carbons (Fsp3) is 0.0400. The molecular weight excluding hydrogens is 440 g/mol. The molecule has 0 saturated carbocycles. The second-order valence-corrected chi connectivity index (χ2v) is 8.11. The summed E-state index contributed by atoms with van der Waals surface area (Å²) in [4.78, 5) is 40.4. The van der Waals surface area contributed by atoms with Gasteiger partial charge in [0.1, 0.15) is 0 Å². The highest BCUT2D eigenvalue weighted by Gasteiger charge is 2.14. The van der Waals surface area contributed by atoms with Crippen molar-refractivity contribution in [2.75, 3.05) is 11.1 Å². The lowest BCUT2D eigenvalue weighted by atomic mass is 10.0. The Bertz CT molecular complexity index is 1370. The number of hydrogen-bond donors (Lipinski definition) is 3. The summed E-state index contributed by atoms with van der Waals surface area (Å²) < 4.78 is 0. The van der Waals surface area contributed by atoms with E-state index in [0.29, 0.717) is 32.7 Å². The van der Waals surface area contributed by atoms with E-state index in [1.165, 1.54) is 12.1 Å². The third-order valence-electron chi connectivity index (χ3n) is 4.89. The molecule has 0 bridgehead atoms. The van der Waals surface area contributed by atoms with Gasteiger partial charge >= 0.3 is 11.9 Å². The minimum atomic E-state index is -1.04. The summed E-state index contributed by atoms with van der Waals surface area (Å²) in [5, 5.41) is 22.2. The van der Waals surface area contributed by atoms with Crippen molar-refractivity contribution >= 4 is 46.2 Å². The molecule has 0 radical (unpaired) electrons. The monoisotopic (exact) mass is 458 g/mol. The van der Waals surface area contributed by atoms with Crippen molar-refractivity contribution in [1.29, 1.82) is 0 Å². The van der Waals surface area contributed by atoms with Gasteiger partial charge in [-0.15, -0.1) is 11.8 Å². The zero-order chi connectivity index (χ0) is 23.4. The Morgan fingerprint density at radius 1 is 0.818 bits per heavy atom. The molecule has 8 heteroatoms. The first-order valence-electron chi connectivity index (χ1n) is 9.91. The number of carbonyl (C=O) groups is 3. The van der Waals surface area contributed by atoms with Crippen molar-refractivity contribution < 1.29 is 24.6 Å². The van der Waals surface area contributed by atoms with Crippen molar-refractivity contribution in [3.63, 3.8) is 0 Å². The van der Waals surface area contributed by atoms with Gasteiger partial charge in [-0.3, -0.25) is 4.79 Å². The fourth-order valence-corrected chi connectivity index (χ4v) is 4.18. The Hall–Kier alpha value is -4.17. The zero-order valence-corrected chi connectivity index (χ0v) is 18.0. The van der Waals surface area contributed by atoms with Crippen molar-refractivity contribution in [1.82, 2.24) is 4.98 Å². The summed E-state index contributed by atoms with van der Waals surface area (Å²) >= 11 is 1.15. The average Bonchev–Trinajstić information content (AvgIpc) is 2.82. The smallest absolute Gasteiger partial charge is 0.336 e. The molecule has 3 aromatic carbocycles. The molecule has 0 fully saturated rings.